The van der Waals surface area contributed by atoms with E-state index in [2.05, 4.69) is 4.74 Å². The molecule has 5 atom stereocenters. The minimum absolute atomic E-state index is 0.0941. The zero-order valence-corrected chi connectivity index (χ0v) is 13.2. The molecule has 9 nitrogen and oxygen atoms in total. The van der Waals surface area contributed by atoms with Crippen molar-refractivity contribution < 1.29 is 28.9 Å². The average molecular weight is 366 g/mol. The highest BCUT2D eigenvalue weighted by Gasteiger charge is 2.49. The van der Waals surface area contributed by atoms with E-state index in [0.717, 1.165) is 16.8 Å². The van der Waals surface area contributed by atoms with Gasteiger partial charge in [0.25, 0.3) is 11.9 Å². The van der Waals surface area contributed by atoms with Gasteiger partial charge < -0.3 is 19.7 Å². The number of aromatic amines is 1. The molecular weight excluding hydrogens is 351 g/mol. The highest BCUT2D eigenvalue weighted by molar-refractivity contribution is 5.89. The molecule has 1 aromatic heterocycles. The van der Waals surface area contributed by atoms with E-state index in [4.69, 9.17) is 4.74 Å². The van der Waals surface area contributed by atoms with Gasteiger partial charge in [0, 0.05) is 12.3 Å². The lowest BCUT2D eigenvalue weighted by molar-refractivity contribution is -0.136. The first kappa shape index (κ1) is 18.0. The molecule has 0 saturated carbocycles. The van der Waals surface area contributed by atoms with E-state index in [1.807, 2.05) is 4.98 Å². The van der Waals surface area contributed by atoms with Crippen LogP contribution in [0.4, 0.5) is 4.39 Å². The Morgan fingerprint density at radius 3 is 2.54 bits per heavy atom. The van der Waals surface area contributed by atoms with Crippen molar-refractivity contribution in [3.05, 3.63) is 69.0 Å². The number of carbonyl (C=O) groups excluding carboxylic acids is 1. The van der Waals surface area contributed by atoms with E-state index >= 15 is 0 Å². The van der Waals surface area contributed by atoms with E-state index in [1.54, 1.807) is 18.2 Å². The zero-order chi connectivity index (χ0) is 18.8. The molecule has 1 aliphatic heterocycles. The quantitative estimate of drug-likeness (QED) is 0.610. The molecule has 1 saturated heterocycles. The average Bonchev–Trinajstić information content (AvgIpc) is 2.91. The Morgan fingerprint density at radius 1 is 1.19 bits per heavy atom. The summed E-state index contributed by atoms with van der Waals surface area (Å²) in [4.78, 5) is 36.7. The van der Waals surface area contributed by atoms with Crippen molar-refractivity contribution in [3.8, 4) is 0 Å². The minimum atomic E-state index is -2.39. The van der Waals surface area contributed by atoms with Crippen molar-refractivity contribution in [1.29, 1.82) is 0 Å². The van der Waals surface area contributed by atoms with Crippen LogP contribution < -0.4 is 11.2 Å². The predicted molar refractivity (Wildman–Crippen MR) is 84.0 cm³/mol. The molecule has 2 heterocycles. The number of carbonyl (C=O) groups is 1. The minimum Gasteiger partial charge on any atom is -0.424 e. The molecule has 1 aliphatic rings. The molecule has 10 heteroatoms. The Morgan fingerprint density at radius 2 is 1.88 bits per heavy atom. The van der Waals surface area contributed by atoms with Crippen molar-refractivity contribution in [2.45, 2.75) is 30.9 Å². The number of nitrogens with zero attached hydrogens (tertiary/aromatic N) is 1. The lowest BCUT2D eigenvalue weighted by Crippen LogP contribution is -2.39. The zero-order valence-electron chi connectivity index (χ0n) is 13.2. The maximum Gasteiger partial charge on any atom is 0.340 e. The fraction of sp³-hybridized carbons (Fsp3) is 0.312. The smallest absolute Gasteiger partial charge is 0.340 e. The summed E-state index contributed by atoms with van der Waals surface area (Å²) >= 11 is 0. The van der Waals surface area contributed by atoms with Gasteiger partial charge in [0.1, 0.15) is 12.2 Å². The van der Waals surface area contributed by atoms with Gasteiger partial charge in [0.05, 0.1) is 5.56 Å². The topological polar surface area (TPSA) is 131 Å². The molecule has 26 heavy (non-hydrogen) atoms. The number of aliphatic hydroxyl groups is 2. The highest BCUT2D eigenvalue weighted by atomic mass is 19.1. The number of aromatic nitrogens is 2. The van der Waals surface area contributed by atoms with Crippen LogP contribution in [0.5, 0.6) is 0 Å². The van der Waals surface area contributed by atoms with Gasteiger partial charge in [-0.3, -0.25) is 14.3 Å². The van der Waals surface area contributed by atoms with Crippen LogP contribution in [0.25, 0.3) is 0 Å². The first-order valence-corrected chi connectivity index (χ1v) is 7.61. The number of benzene rings is 1. The number of hydrogen-bond acceptors (Lipinski definition) is 7. The Labute approximate surface area is 145 Å². The van der Waals surface area contributed by atoms with Gasteiger partial charge in [0.15, 0.2) is 12.3 Å². The van der Waals surface area contributed by atoms with Crippen LogP contribution in [-0.4, -0.2) is 50.4 Å². The summed E-state index contributed by atoms with van der Waals surface area (Å²) in [6.45, 7) is 0. The first-order chi connectivity index (χ1) is 12.4. The number of H-pyrrole nitrogens is 1. The van der Waals surface area contributed by atoms with Crippen molar-refractivity contribution in [1.82, 2.24) is 9.55 Å². The molecule has 2 aromatic rings. The van der Waals surface area contributed by atoms with Gasteiger partial charge in [0.2, 0.25) is 0 Å². The van der Waals surface area contributed by atoms with Crippen molar-refractivity contribution >= 4 is 5.97 Å². The summed E-state index contributed by atoms with van der Waals surface area (Å²) < 4.78 is 24.9. The molecule has 1 fully saturated rings. The standard InChI is InChI=1S/C16H15FN2O7/c17-13(26-15(23)8-4-2-1-3-5-8)12-10(21)11(22)14(25-12)19-7-6-9(20)18-16(19)24/h1-7,10-14,21-22H,(H,18,20,24)/t10-,11+,12-,13?,14+/m0/s1. The van der Waals surface area contributed by atoms with Crippen molar-refractivity contribution in [2.75, 3.05) is 0 Å². The Hall–Kier alpha value is -2.82. The van der Waals surface area contributed by atoms with E-state index in [-0.39, 0.29) is 5.56 Å². The lowest BCUT2D eigenvalue weighted by atomic mass is 10.1. The number of ether oxygens (including phenoxy) is 2. The summed E-state index contributed by atoms with van der Waals surface area (Å²) in [6.07, 6.45) is -7.99. The molecule has 1 unspecified atom stereocenters. The van der Waals surface area contributed by atoms with Crippen molar-refractivity contribution in [2.24, 2.45) is 0 Å². The summed E-state index contributed by atoms with van der Waals surface area (Å²) in [6, 6.07) is 8.62. The highest BCUT2D eigenvalue weighted by Crippen LogP contribution is 2.31. The maximum atomic E-state index is 14.3. The van der Waals surface area contributed by atoms with E-state index in [9.17, 15) is 29.0 Å². The molecule has 0 radical (unpaired) electrons. The fourth-order valence-electron chi connectivity index (χ4n) is 2.57. The Balaban J connectivity index is 1.75. The van der Waals surface area contributed by atoms with Gasteiger partial charge in [-0.2, -0.15) is 4.39 Å². The summed E-state index contributed by atoms with van der Waals surface area (Å²) in [7, 11) is 0. The molecule has 1 aromatic carbocycles. The Bertz CT molecular complexity index is 897. The van der Waals surface area contributed by atoms with Gasteiger partial charge in [-0.25, -0.2) is 9.59 Å². The third kappa shape index (κ3) is 3.43. The molecular formula is C16H15FN2O7. The Kier molecular flexibility index (Phi) is 4.98. The van der Waals surface area contributed by atoms with Crippen LogP contribution in [0, 0.1) is 0 Å². The van der Waals surface area contributed by atoms with Gasteiger partial charge in [-0.15, -0.1) is 0 Å². The van der Waals surface area contributed by atoms with E-state index in [0.29, 0.717) is 0 Å². The maximum absolute atomic E-state index is 14.3. The largest absolute Gasteiger partial charge is 0.424 e. The number of hydrogen-bond donors (Lipinski definition) is 3. The van der Waals surface area contributed by atoms with Crippen molar-refractivity contribution in [3.63, 3.8) is 0 Å². The number of rotatable bonds is 4. The molecule has 138 valence electrons. The third-order valence-electron chi connectivity index (χ3n) is 3.89. The number of nitrogens with one attached hydrogen (secondary N) is 1. The van der Waals surface area contributed by atoms with Gasteiger partial charge in [-0.1, -0.05) is 18.2 Å². The first-order valence-electron chi connectivity index (χ1n) is 7.61. The molecule has 3 N–H and O–H groups in total. The number of alkyl halides is 1. The molecule has 0 amide bonds. The number of aliphatic hydroxyl groups excluding tert-OH is 2. The van der Waals surface area contributed by atoms with Crippen LogP contribution in [0.3, 0.4) is 0 Å². The second-order valence-electron chi connectivity index (χ2n) is 5.61. The van der Waals surface area contributed by atoms with Crippen LogP contribution in [0.1, 0.15) is 16.6 Å². The van der Waals surface area contributed by atoms with Gasteiger partial charge >= 0.3 is 11.7 Å². The van der Waals surface area contributed by atoms with E-state index < -0.39 is 48.1 Å². The fourth-order valence-corrected chi connectivity index (χ4v) is 2.57. The predicted octanol–water partition coefficient (Wildman–Crippen LogP) is -0.692. The summed E-state index contributed by atoms with van der Waals surface area (Å²) in [5.74, 6) is -0.979. The normalized spacial score (nSPS) is 26.4. The number of esters is 1. The van der Waals surface area contributed by atoms with Crippen LogP contribution >= 0.6 is 0 Å². The van der Waals surface area contributed by atoms with E-state index in [1.165, 1.54) is 12.1 Å². The summed E-state index contributed by atoms with van der Waals surface area (Å²) in [5.41, 5.74) is -1.49. The molecule has 0 aliphatic carbocycles. The van der Waals surface area contributed by atoms with Crippen LogP contribution in [0.2, 0.25) is 0 Å². The SMILES string of the molecule is O=C(OC(F)[C@H]1O[C@@H](n2ccc(=O)[nH]c2=O)[C@H](O)[C@@H]1O)c1ccccc1. The third-order valence-corrected chi connectivity index (χ3v) is 3.89. The molecule has 3 rings (SSSR count). The molecule has 0 spiro atoms. The summed E-state index contributed by atoms with van der Waals surface area (Å²) in [5, 5.41) is 20.0. The number of halogens is 1. The lowest BCUT2D eigenvalue weighted by Gasteiger charge is -2.19. The van der Waals surface area contributed by atoms with Gasteiger partial charge in [-0.05, 0) is 12.1 Å². The second-order valence-corrected chi connectivity index (χ2v) is 5.61. The van der Waals surface area contributed by atoms with Crippen LogP contribution in [0.15, 0.2) is 52.2 Å². The van der Waals surface area contributed by atoms with Crippen LogP contribution in [-0.2, 0) is 9.47 Å². The monoisotopic (exact) mass is 366 g/mol. The molecule has 0 bridgehead atoms. The second kappa shape index (κ2) is 7.20.